The molecule has 0 unspecified atom stereocenters. The maximum absolute atomic E-state index is 13.6. The van der Waals surface area contributed by atoms with Crippen LogP contribution in [-0.4, -0.2) is 34.3 Å². The van der Waals surface area contributed by atoms with Crippen molar-refractivity contribution in [3.63, 3.8) is 0 Å². The number of amides is 2. The summed E-state index contributed by atoms with van der Waals surface area (Å²) in [5, 5.41) is 3.04. The number of aromatic amines is 1. The molecular formula is C26H25N3O3. The summed E-state index contributed by atoms with van der Waals surface area (Å²) >= 11 is 0. The van der Waals surface area contributed by atoms with Crippen LogP contribution in [-0.2, 0) is 16.6 Å². The highest BCUT2D eigenvalue weighted by molar-refractivity contribution is 6.08. The Morgan fingerprint density at radius 1 is 1.06 bits per heavy atom. The largest absolute Gasteiger partial charge is 0.334 e. The number of anilines is 1. The first-order valence-electron chi connectivity index (χ1n) is 11.0. The number of benzene rings is 2. The summed E-state index contributed by atoms with van der Waals surface area (Å²) in [4.78, 5) is 43.5. The van der Waals surface area contributed by atoms with Gasteiger partial charge in [0.1, 0.15) is 0 Å². The van der Waals surface area contributed by atoms with Crippen LogP contribution in [0.15, 0.2) is 71.5 Å². The molecule has 2 aliphatic heterocycles. The third kappa shape index (κ3) is 3.23. The minimum atomic E-state index is -0.780. The molecule has 2 N–H and O–H groups in total. The number of likely N-dealkylation sites (tertiary alicyclic amines) is 1. The van der Waals surface area contributed by atoms with Crippen LogP contribution in [0.4, 0.5) is 5.69 Å². The van der Waals surface area contributed by atoms with Gasteiger partial charge in [-0.2, -0.15) is 0 Å². The predicted molar refractivity (Wildman–Crippen MR) is 123 cm³/mol. The molecule has 3 heterocycles. The van der Waals surface area contributed by atoms with Crippen molar-refractivity contribution in [3.05, 3.63) is 99.5 Å². The standard InChI is InChI=1S/C26H25N3O3/c1-17-15-19(16-23(30)27-17)24(31)29-14-13-26(20-9-5-6-10-21(20)28-25(26)32)22(29)12-11-18-7-3-2-4-8-18/h2-10,15-16,22H,11-14H2,1H3,(H,27,30)(H,28,32)/t22-,26+/m0/s1. The van der Waals surface area contributed by atoms with E-state index in [4.69, 9.17) is 0 Å². The molecule has 1 saturated heterocycles. The summed E-state index contributed by atoms with van der Waals surface area (Å²) in [5.41, 5.74) is 2.87. The maximum Gasteiger partial charge on any atom is 0.254 e. The van der Waals surface area contributed by atoms with Crippen molar-refractivity contribution in [1.29, 1.82) is 0 Å². The predicted octanol–water partition coefficient (Wildman–Crippen LogP) is 3.42. The highest BCUT2D eigenvalue weighted by Gasteiger charge is 2.58. The number of hydrogen-bond donors (Lipinski definition) is 2. The topological polar surface area (TPSA) is 82.3 Å². The van der Waals surface area contributed by atoms with E-state index in [0.717, 1.165) is 17.7 Å². The highest BCUT2D eigenvalue weighted by atomic mass is 16.2. The van der Waals surface area contributed by atoms with Crippen LogP contribution in [0, 0.1) is 6.92 Å². The van der Waals surface area contributed by atoms with Crippen molar-refractivity contribution in [2.24, 2.45) is 0 Å². The van der Waals surface area contributed by atoms with Gasteiger partial charge in [0.05, 0.1) is 11.5 Å². The fourth-order valence-corrected chi connectivity index (χ4v) is 5.37. The van der Waals surface area contributed by atoms with E-state index < -0.39 is 5.41 Å². The van der Waals surface area contributed by atoms with E-state index in [1.807, 2.05) is 42.5 Å². The molecule has 0 aliphatic carbocycles. The van der Waals surface area contributed by atoms with Crippen molar-refractivity contribution in [3.8, 4) is 0 Å². The number of carbonyl (C=O) groups is 2. The van der Waals surface area contributed by atoms with Gasteiger partial charge in [-0.3, -0.25) is 14.4 Å². The fraction of sp³-hybridized carbons (Fsp3) is 0.269. The number of aromatic nitrogens is 1. The SMILES string of the molecule is Cc1cc(C(=O)N2CC[C@]3(C(=O)Nc4ccccc43)[C@@H]2CCc2ccccc2)cc(=O)[nH]1. The summed E-state index contributed by atoms with van der Waals surface area (Å²) in [6.45, 7) is 2.23. The Hall–Kier alpha value is -3.67. The second-order valence-corrected chi connectivity index (χ2v) is 8.68. The monoisotopic (exact) mass is 427 g/mol. The third-order valence-electron chi connectivity index (χ3n) is 6.79. The van der Waals surface area contributed by atoms with Gasteiger partial charge in [-0.15, -0.1) is 0 Å². The van der Waals surface area contributed by atoms with Crippen LogP contribution in [0.25, 0.3) is 0 Å². The molecule has 0 bridgehead atoms. The first kappa shape index (κ1) is 20.2. The molecule has 2 aromatic carbocycles. The van der Waals surface area contributed by atoms with Crippen molar-refractivity contribution in [1.82, 2.24) is 9.88 Å². The zero-order valence-electron chi connectivity index (χ0n) is 17.9. The van der Waals surface area contributed by atoms with Crippen LogP contribution in [0.3, 0.4) is 0 Å². The van der Waals surface area contributed by atoms with E-state index >= 15 is 0 Å². The number of nitrogens with one attached hydrogen (secondary N) is 2. The molecular weight excluding hydrogens is 402 g/mol. The van der Waals surface area contributed by atoms with Crippen LogP contribution < -0.4 is 10.9 Å². The van der Waals surface area contributed by atoms with E-state index in [1.54, 1.807) is 17.9 Å². The van der Waals surface area contributed by atoms with Gasteiger partial charge in [-0.25, -0.2) is 0 Å². The zero-order valence-corrected chi connectivity index (χ0v) is 17.9. The second-order valence-electron chi connectivity index (χ2n) is 8.68. The summed E-state index contributed by atoms with van der Waals surface area (Å²) in [5.74, 6) is -0.250. The Bertz CT molecular complexity index is 1250. The molecule has 6 heteroatoms. The van der Waals surface area contributed by atoms with E-state index in [0.29, 0.717) is 30.6 Å². The number of carbonyl (C=O) groups excluding carboxylic acids is 2. The van der Waals surface area contributed by atoms with E-state index in [1.165, 1.54) is 11.6 Å². The molecule has 1 fully saturated rings. The van der Waals surface area contributed by atoms with Crippen molar-refractivity contribution >= 4 is 17.5 Å². The van der Waals surface area contributed by atoms with Gasteiger partial charge in [0.25, 0.3) is 5.91 Å². The molecule has 32 heavy (non-hydrogen) atoms. The van der Waals surface area contributed by atoms with Gasteiger partial charge in [0.15, 0.2) is 0 Å². The molecule has 3 aromatic rings. The Balaban J connectivity index is 1.56. The normalized spacial score (nSPS) is 21.6. The molecule has 5 rings (SSSR count). The number of para-hydroxylation sites is 1. The van der Waals surface area contributed by atoms with Gasteiger partial charge in [0, 0.05) is 29.6 Å². The lowest BCUT2D eigenvalue weighted by Gasteiger charge is -2.34. The average molecular weight is 428 g/mol. The molecule has 2 aliphatic rings. The summed E-state index contributed by atoms with van der Waals surface area (Å²) in [6.07, 6.45) is 1.96. The van der Waals surface area contributed by atoms with Crippen LogP contribution in [0.5, 0.6) is 0 Å². The lowest BCUT2D eigenvalue weighted by Crippen LogP contribution is -2.49. The van der Waals surface area contributed by atoms with Crippen LogP contribution >= 0.6 is 0 Å². The molecule has 0 saturated carbocycles. The number of H-pyrrole nitrogens is 1. The fourth-order valence-electron chi connectivity index (χ4n) is 5.37. The first-order valence-corrected chi connectivity index (χ1v) is 11.0. The number of pyridine rings is 1. The second kappa shape index (κ2) is 7.79. The smallest absolute Gasteiger partial charge is 0.254 e. The highest BCUT2D eigenvalue weighted by Crippen LogP contribution is 2.49. The van der Waals surface area contributed by atoms with Gasteiger partial charge in [-0.1, -0.05) is 48.5 Å². The van der Waals surface area contributed by atoms with E-state index in [9.17, 15) is 14.4 Å². The Morgan fingerprint density at radius 2 is 1.81 bits per heavy atom. The Kier molecular flexibility index (Phi) is 4.93. The van der Waals surface area contributed by atoms with Crippen molar-refractivity contribution in [2.75, 3.05) is 11.9 Å². The minimum absolute atomic E-state index is 0.0471. The zero-order chi connectivity index (χ0) is 22.3. The van der Waals surface area contributed by atoms with Gasteiger partial charge in [-0.05, 0) is 49.4 Å². The van der Waals surface area contributed by atoms with E-state index in [-0.39, 0.29) is 23.4 Å². The first-order chi connectivity index (χ1) is 15.5. The van der Waals surface area contributed by atoms with Gasteiger partial charge < -0.3 is 15.2 Å². The molecule has 162 valence electrons. The number of nitrogens with zero attached hydrogens (tertiary/aromatic N) is 1. The van der Waals surface area contributed by atoms with Gasteiger partial charge >= 0.3 is 0 Å². The van der Waals surface area contributed by atoms with Crippen LogP contribution in [0.2, 0.25) is 0 Å². The Labute approximate surface area is 186 Å². The number of aryl methyl sites for hydroxylation is 2. The molecule has 2 atom stereocenters. The lowest BCUT2D eigenvalue weighted by molar-refractivity contribution is -0.121. The molecule has 1 spiro atoms. The number of hydrogen-bond acceptors (Lipinski definition) is 3. The molecule has 0 radical (unpaired) electrons. The van der Waals surface area contributed by atoms with E-state index in [2.05, 4.69) is 22.4 Å². The number of fused-ring (bicyclic) bond motifs is 2. The van der Waals surface area contributed by atoms with Crippen molar-refractivity contribution in [2.45, 2.75) is 37.6 Å². The lowest BCUT2D eigenvalue weighted by atomic mass is 9.73. The molecule has 6 nitrogen and oxygen atoms in total. The minimum Gasteiger partial charge on any atom is -0.334 e. The number of rotatable bonds is 4. The third-order valence-corrected chi connectivity index (χ3v) is 6.79. The van der Waals surface area contributed by atoms with Crippen LogP contribution in [0.1, 0.15) is 40.0 Å². The summed E-state index contributed by atoms with van der Waals surface area (Å²) < 4.78 is 0. The quantitative estimate of drug-likeness (QED) is 0.669. The Morgan fingerprint density at radius 3 is 2.59 bits per heavy atom. The van der Waals surface area contributed by atoms with Gasteiger partial charge in [0.2, 0.25) is 11.5 Å². The summed E-state index contributed by atoms with van der Waals surface area (Å²) in [6, 6.07) is 20.6. The maximum atomic E-state index is 13.6. The van der Waals surface area contributed by atoms with Crippen molar-refractivity contribution < 1.29 is 9.59 Å². The molecule has 2 amide bonds. The average Bonchev–Trinajstić information content (AvgIpc) is 3.30. The molecule has 1 aromatic heterocycles. The summed E-state index contributed by atoms with van der Waals surface area (Å²) in [7, 11) is 0.